The summed E-state index contributed by atoms with van der Waals surface area (Å²) in [6.45, 7) is 5.63. The quantitative estimate of drug-likeness (QED) is 0.421. The van der Waals surface area contributed by atoms with Crippen LogP contribution < -0.4 is 0 Å². The van der Waals surface area contributed by atoms with Gasteiger partial charge in [-0.2, -0.15) is 0 Å². The summed E-state index contributed by atoms with van der Waals surface area (Å²) < 4.78 is -0.227. The predicted molar refractivity (Wildman–Crippen MR) is 35.1 cm³/mol. The molecular formula is C6H9S. The van der Waals surface area contributed by atoms with Crippen molar-refractivity contribution in [3.63, 3.8) is 0 Å². The third-order valence-electron chi connectivity index (χ3n) is 0.426. The average Bonchev–Trinajstić information content (AvgIpc) is 1.30. The first-order chi connectivity index (χ1) is 3.06. The molecular weight excluding hydrogens is 104 g/mol. The number of hydrogen-bond acceptors (Lipinski definition) is 0. The maximum Gasteiger partial charge on any atom is 0.0812 e. The largest absolute Gasteiger partial charge is 0.105 e. The van der Waals surface area contributed by atoms with E-state index in [0.29, 0.717) is 0 Å². The standard InChI is InChI=1S/C6H9S/c1-4-5-6(2,3)7/h1-3H3. The van der Waals surface area contributed by atoms with Crippen LogP contribution in [0.5, 0.6) is 0 Å². The van der Waals surface area contributed by atoms with Gasteiger partial charge in [-0.25, -0.2) is 0 Å². The molecule has 0 heterocycles. The second kappa shape index (κ2) is 2.28. The Morgan fingerprint density at radius 1 is 1.43 bits per heavy atom. The van der Waals surface area contributed by atoms with Crippen molar-refractivity contribution in [3.8, 4) is 11.8 Å². The minimum atomic E-state index is -0.227. The van der Waals surface area contributed by atoms with Crippen LogP contribution in [0, 0.1) is 11.8 Å². The molecule has 0 aliphatic carbocycles. The van der Waals surface area contributed by atoms with E-state index < -0.39 is 0 Å². The maximum absolute atomic E-state index is 4.91. The average molecular weight is 113 g/mol. The van der Waals surface area contributed by atoms with Crippen LogP contribution in [0.2, 0.25) is 0 Å². The molecule has 0 fully saturated rings. The van der Waals surface area contributed by atoms with Gasteiger partial charge in [0.15, 0.2) is 0 Å². The summed E-state index contributed by atoms with van der Waals surface area (Å²) in [7, 11) is 0. The predicted octanol–water partition coefficient (Wildman–Crippen LogP) is 1.99. The smallest absolute Gasteiger partial charge is 0.0812 e. The Kier molecular flexibility index (Phi) is 2.25. The molecule has 0 atom stereocenters. The fourth-order valence-electron chi connectivity index (χ4n) is 0.301. The molecule has 0 saturated carbocycles. The van der Waals surface area contributed by atoms with Gasteiger partial charge in [-0.05, 0) is 20.8 Å². The molecule has 0 unspecified atom stereocenters. The molecule has 0 aliphatic heterocycles. The summed E-state index contributed by atoms with van der Waals surface area (Å²) in [4.78, 5) is 0. The summed E-state index contributed by atoms with van der Waals surface area (Å²) in [6.07, 6.45) is 0. The molecule has 0 aromatic heterocycles. The molecule has 0 saturated heterocycles. The van der Waals surface area contributed by atoms with Crippen LogP contribution in [-0.4, -0.2) is 4.75 Å². The van der Waals surface area contributed by atoms with E-state index in [4.69, 9.17) is 12.6 Å². The van der Waals surface area contributed by atoms with Gasteiger partial charge in [0.1, 0.15) is 0 Å². The highest BCUT2D eigenvalue weighted by Crippen LogP contribution is 2.08. The van der Waals surface area contributed by atoms with Crippen LogP contribution in [0.3, 0.4) is 0 Å². The van der Waals surface area contributed by atoms with E-state index in [2.05, 4.69) is 11.8 Å². The summed E-state index contributed by atoms with van der Waals surface area (Å²) >= 11 is 4.91. The van der Waals surface area contributed by atoms with Gasteiger partial charge in [0.05, 0.1) is 4.75 Å². The molecule has 0 rings (SSSR count). The van der Waals surface area contributed by atoms with Gasteiger partial charge >= 0.3 is 0 Å². The Bertz CT molecular complexity index is 97.6. The van der Waals surface area contributed by atoms with E-state index in [1.54, 1.807) is 6.92 Å². The van der Waals surface area contributed by atoms with Gasteiger partial charge in [-0.3, -0.25) is 0 Å². The van der Waals surface area contributed by atoms with Crippen LogP contribution in [0.15, 0.2) is 0 Å². The topological polar surface area (TPSA) is 0 Å². The fraction of sp³-hybridized carbons (Fsp3) is 0.667. The number of hydrogen-bond donors (Lipinski definition) is 0. The van der Waals surface area contributed by atoms with E-state index >= 15 is 0 Å². The zero-order valence-corrected chi connectivity index (χ0v) is 5.72. The molecule has 1 heteroatoms. The zero-order chi connectivity index (χ0) is 5.91. The normalized spacial score (nSPS) is 9.71. The lowest BCUT2D eigenvalue weighted by Gasteiger charge is -2.02. The van der Waals surface area contributed by atoms with E-state index in [-0.39, 0.29) is 4.75 Å². The van der Waals surface area contributed by atoms with E-state index in [9.17, 15) is 0 Å². The third kappa shape index (κ3) is 5.91. The van der Waals surface area contributed by atoms with Crippen LogP contribution in [0.4, 0.5) is 0 Å². The lowest BCUT2D eigenvalue weighted by Crippen LogP contribution is -2.04. The van der Waals surface area contributed by atoms with Crippen molar-refractivity contribution in [2.45, 2.75) is 25.5 Å². The summed E-state index contributed by atoms with van der Waals surface area (Å²) in [5.41, 5.74) is 0. The lowest BCUT2D eigenvalue weighted by atomic mass is 10.2. The second-order valence-electron chi connectivity index (χ2n) is 1.89. The first kappa shape index (κ1) is 6.91. The Balaban J connectivity index is 3.72. The van der Waals surface area contributed by atoms with Gasteiger partial charge in [0.2, 0.25) is 0 Å². The molecule has 0 aliphatic rings. The Labute approximate surface area is 50.7 Å². The van der Waals surface area contributed by atoms with Crippen LogP contribution in [-0.2, 0) is 0 Å². The van der Waals surface area contributed by atoms with Crippen LogP contribution in [0.25, 0.3) is 0 Å². The van der Waals surface area contributed by atoms with E-state index in [1.165, 1.54) is 0 Å². The number of rotatable bonds is 0. The maximum atomic E-state index is 4.91. The molecule has 0 nitrogen and oxygen atoms in total. The van der Waals surface area contributed by atoms with E-state index in [0.717, 1.165) is 0 Å². The van der Waals surface area contributed by atoms with Gasteiger partial charge in [-0.1, -0.05) is 18.5 Å². The summed E-state index contributed by atoms with van der Waals surface area (Å²) in [5, 5.41) is 0. The Hall–Kier alpha value is -0.0900. The van der Waals surface area contributed by atoms with Gasteiger partial charge in [0.25, 0.3) is 0 Å². The highest BCUT2D eigenvalue weighted by Gasteiger charge is 2.04. The van der Waals surface area contributed by atoms with Crippen LogP contribution >= 0.6 is 12.6 Å². The molecule has 1 radical (unpaired) electrons. The van der Waals surface area contributed by atoms with Crippen molar-refractivity contribution in [1.82, 2.24) is 0 Å². The monoisotopic (exact) mass is 113 g/mol. The molecule has 0 spiro atoms. The molecule has 0 aromatic rings. The SMILES string of the molecule is CC#CC(C)(C)[S]. The fourth-order valence-corrected chi connectivity index (χ4v) is 0.403. The first-order valence-electron chi connectivity index (χ1n) is 2.20. The van der Waals surface area contributed by atoms with Crippen molar-refractivity contribution >= 4 is 12.6 Å². The van der Waals surface area contributed by atoms with Crippen molar-refractivity contribution in [3.05, 3.63) is 0 Å². The van der Waals surface area contributed by atoms with E-state index in [1.807, 2.05) is 13.8 Å². The van der Waals surface area contributed by atoms with Crippen molar-refractivity contribution in [2.24, 2.45) is 0 Å². The van der Waals surface area contributed by atoms with Crippen molar-refractivity contribution in [1.29, 1.82) is 0 Å². The first-order valence-corrected chi connectivity index (χ1v) is 2.61. The van der Waals surface area contributed by atoms with Gasteiger partial charge < -0.3 is 0 Å². The second-order valence-corrected chi connectivity index (χ2v) is 2.91. The molecule has 0 bridgehead atoms. The molecule has 0 amide bonds. The Morgan fingerprint density at radius 2 is 1.86 bits per heavy atom. The Morgan fingerprint density at radius 3 is 1.86 bits per heavy atom. The molecule has 0 aromatic carbocycles. The highest BCUT2D eigenvalue weighted by molar-refractivity contribution is 7.82. The van der Waals surface area contributed by atoms with Crippen molar-refractivity contribution in [2.75, 3.05) is 0 Å². The highest BCUT2D eigenvalue weighted by atomic mass is 32.1. The molecule has 39 valence electrons. The third-order valence-corrected chi connectivity index (χ3v) is 0.528. The minimum absolute atomic E-state index is 0.227. The molecule has 0 N–H and O–H groups in total. The zero-order valence-electron chi connectivity index (χ0n) is 4.91. The minimum Gasteiger partial charge on any atom is -0.105 e. The van der Waals surface area contributed by atoms with Crippen LogP contribution in [0.1, 0.15) is 20.8 Å². The lowest BCUT2D eigenvalue weighted by molar-refractivity contribution is 0.943. The molecule has 7 heavy (non-hydrogen) atoms. The summed E-state index contributed by atoms with van der Waals surface area (Å²) in [5.74, 6) is 5.60. The van der Waals surface area contributed by atoms with Crippen molar-refractivity contribution < 1.29 is 0 Å². The van der Waals surface area contributed by atoms with Gasteiger partial charge in [-0.15, -0.1) is 5.92 Å². The van der Waals surface area contributed by atoms with Gasteiger partial charge in [0, 0.05) is 0 Å². The summed E-state index contributed by atoms with van der Waals surface area (Å²) in [6, 6.07) is 0.